The summed E-state index contributed by atoms with van der Waals surface area (Å²) >= 11 is -1.81. The SMILES string of the molecule is CC(C)c1cccc(C(C)C)c1N1[CH-]N(c2c(C(C)C)cccc2C(C)C)CC1.[Cl][Ru]([Cl])=[CH]c1ccccc1[OH+]c1ccccc1. The van der Waals surface area contributed by atoms with Crippen molar-refractivity contribution in [2.45, 2.75) is 79.1 Å². The Kier molecular flexibility index (Phi) is 13.3. The zero-order valence-corrected chi connectivity index (χ0v) is 31.7. The van der Waals surface area contributed by atoms with E-state index in [1.54, 1.807) is 0 Å². The molecule has 5 rings (SSSR count). The molecule has 4 aromatic carbocycles. The monoisotopic (exact) mass is 746 g/mol. The molecule has 3 nitrogen and oxygen atoms in total. The predicted octanol–water partition coefficient (Wildman–Crippen LogP) is 12.0. The van der Waals surface area contributed by atoms with Gasteiger partial charge in [-0.1, -0.05) is 91.8 Å². The van der Waals surface area contributed by atoms with E-state index in [4.69, 9.17) is 19.4 Å². The standard InChI is InChI=1S/C27H39N2.C13H10O.2ClH.Ru/c1-18(2)22-11-9-12-23(19(3)4)26(22)28-15-16-29(17-28)27-24(20(5)6)13-10-14-25(27)21(7)8;1-11-7-5-6-10-13(11)14-12-8-3-2-4-9-12;;;/h9-14,17-21H,15-16H2,1-8H3;1-10H;2*1H;/q-1;;;;+2/p-1. The summed E-state index contributed by atoms with van der Waals surface area (Å²) in [6.45, 7) is 22.9. The predicted molar refractivity (Wildman–Crippen MR) is 199 cm³/mol. The van der Waals surface area contributed by atoms with E-state index in [9.17, 15) is 0 Å². The van der Waals surface area contributed by atoms with E-state index in [1.165, 1.54) is 33.6 Å². The Morgan fingerprint density at radius 1 is 0.587 bits per heavy atom. The third-order valence-corrected chi connectivity index (χ3v) is 10.1. The number of ether oxygens (including phenoxy) is 1. The van der Waals surface area contributed by atoms with E-state index >= 15 is 0 Å². The van der Waals surface area contributed by atoms with Crippen LogP contribution in [0.1, 0.15) is 107 Å². The maximum absolute atomic E-state index is 5.90. The van der Waals surface area contributed by atoms with Crippen molar-refractivity contribution in [3.05, 3.63) is 125 Å². The summed E-state index contributed by atoms with van der Waals surface area (Å²) in [7, 11) is 11.8. The quantitative estimate of drug-likeness (QED) is 0.0965. The Morgan fingerprint density at radius 3 is 1.41 bits per heavy atom. The van der Waals surface area contributed by atoms with Crippen molar-refractivity contribution in [1.29, 1.82) is 0 Å². The van der Waals surface area contributed by atoms with Crippen LogP contribution in [0, 0.1) is 6.67 Å². The van der Waals surface area contributed by atoms with Gasteiger partial charge in [-0.05, 0) is 45.9 Å². The summed E-state index contributed by atoms with van der Waals surface area (Å²) in [5.74, 6) is 3.89. The molecule has 0 bridgehead atoms. The van der Waals surface area contributed by atoms with Gasteiger partial charge in [0.15, 0.2) is 0 Å². The second-order valence-electron chi connectivity index (χ2n) is 13.0. The van der Waals surface area contributed by atoms with E-state index in [0.29, 0.717) is 23.7 Å². The second-order valence-corrected chi connectivity index (χ2v) is 18.7. The molecule has 6 heteroatoms. The van der Waals surface area contributed by atoms with Crippen LogP contribution < -0.4 is 9.80 Å². The minimum absolute atomic E-state index is 0.514. The average Bonchev–Trinajstić information content (AvgIpc) is 3.51. The third kappa shape index (κ3) is 9.24. The van der Waals surface area contributed by atoms with Gasteiger partial charge >= 0.3 is 114 Å². The van der Waals surface area contributed by atoms with E-state index in [1.807, 2.05) is 59.2 Å². The zero-order chi connectivity index (χ0) is 33.4. The van der Waals surface area contributed by atoms with Crippen LogP contribution in [0.2, 0.25) is 0 Å². The zero-order valence-electron chi connectivity index (χ0n) is 28.5. The summed E-state index contributed by atoms with van der Waals surface area (Å²) in [5, 5.41) is 0. The van der Waals surface area contributed by atoms with Crippen molar-refractivity contribution in [2.24, 2.45) is 0 Å². The molecule has 0 amide bonds. The fourth-order valence-corrected chi connectivity index (χ4v) is 7.74. The molecule has 0 atom stereocenters. The molecule has 1 fully saturated rings. The van der Waals surface area contributed by atoms with Crippen molar-refractivity contribution < 1.29 is 18.3 Å². The first-order chi connectivity index (χ1) is 22.0. The summed E-state index contributed by atoms with van der Waals surface area (Å²) in [5.41, 5.74) is 9.67. The number of nitrogens with zero attached hydrogens (tertiary/aromatic N) is 2. The van der Waals surface area contributed by atoms with Gasteiger partial charge < -0.3 is 9.80 Å². The molecule has 1 heterocycles. The van der Waals surface area contributed by atoms with Crippen molar-refractivity contribution in [1.82, 2.24) is 0 Å². The summed E-state index contributed by atoms with van der Waals surface area (Å²) < 4.78 is 6.48. The van der Waals surface area contributed by atoms with Gasteiger partial charge in [0.2, 0.25) is 0 Å². The molecule has 1 N–H and O–H groups in total. The molecule has 248 valence electrons. The molecular formula is C40H50Cl2N2ORu. The van der Waals surface area contributed by atoms with Crippen molar-refractivity contribution in [3.8, 4) is 11.5 Å². The first kappa shape index (κ1) is 36.2. The number of rotatable bonds is 9. The normalized spacial score (nSPS) is 13.4. The van der Waals surface area contributed by atoms with Gasteiger partial charge in [0, 0.05) is 24.5 Å². The Labute approximate surface area is 291 Å². The Hall–Kier alpha value is -2.65. The maximum atomic E-state index is 5.90. The topological polar surface area (TPSA) is 19.3 Å². The van der Waals surface area contributed by atoms with Gasteiger partial charge in [0.1, 0.15) is 0 Å². The molecule has 46 heavy (non-hydrogen) atoms. The number of halogens is 2. The molecule has 0 saturated carbocycles. The van der Waals surface area contributed by atoms with Crippen LogP contribution in [0.25, 0.3) is 0 Å². The number of benzene rings is 4. The number of para-hydroxylation sites is 4. The molecule has 0 unspecified atom stereocenters. The summed E-state index contributed by atoms with van der Waals surface area (Å²) in [4.78, 5) is 5.01. The number of hydrogen-bond donors (Lipinski definition) is 0. The van der Waals surface area contributed by atoms with Crippen LogP contribution in [0.3, 0.4) is 0 Å². The first-order valence-electron chi connectivity index (χ1n) is 16.3. The van der Waals surface area contributed by atoms with Gasteiger partial charge in [-0.3, -0.25) is 0 Å². The molecular weight excluding hydrogens is 696 g/mol. The first-order valence-corrected chi connectivity index (χ1v) is 21.8. The van der Waals surface area contributed by atoms with E-state index in [0.717, 1.165) is 30.2 Å². The Morgan fingerprint density at radius 2 is 1.00 bits per heavy atom. The third-order valence-electron chi connectivity index (χ3n) is 8.25. The van der Waals surface area contributed by atoms with Crippen LogP contribution in [0.4, 0.5) is 11.4 Å². The van der Waals surface area contributed by atoms with Gasteiger partial charge in [-0.25, -0.2) is 0 Å². The fraction of sp³-hybridized carbons (Fsp3) is 0.350. The average molecular weight is 747 g/mol. The molecule has 0 aromatic heterocycles. The molecule has 1 saturated heterocycles. The number of anilines is 2. The summed E-state index contributed by atoms with van der Waals surface area (Å²) in [6, 6.07) is 31.4. The second kappa shape index (κ2) is 17.0. The van der Waals surface area contributed by atoms with Crippen molar-refractivity contribution >= 4 is 35.4 Å². The van der Waals surface area contributed by atoms with Gasteiger partial charge in [-0.15, -0.1) is 0 Å². The van der Waals surface area contributed by atoms with Crippen LogP contribution in [0.5, 0.6) is 11.5 Å². The van der Waals surface area contributed by atoms with Crippen molar-refractivity contribution in [3.63, 3.8) is 0 Å². The van der Waals surface area contributed by atoms with E-state index in [-0.39, 0.29) is 0 Å². The number of hydrogen-bond acceptors (Lipinski definition) is 2. The van der Waals surface area contributed by atoms with Gasteiger partial charge in [0.05, 0.1) is 0 Å². The van der Waals surface area contributed by atoms with Crippen LogP contribution in [-0.4, -0.2) is 22.4 Å². The Bertz CT molecular complexity index is 1470. The van der Waals surface area contributed by atoms with E-state index < -0.39 is 13.5 Å². The Balaban J connectivity index is 0.000000240. The van der Waals surface area contributed by atoms with Gasteiger partial charge in [0.25, 0.3) is 0 Å². The van der Waals surface area contributed by atoms with Crippen LogP contribution in [0.15, 0.2) is 91.0 Å². The molecule has 0 radical (unpaired) electrons. The van der Waals surface area contributed by atoms with Crippen LogP contribution >= 0.6 is 19.4 Å². The van der Waals surface area contributed by atoms with Crippen LogP contribution in [-0.2, 0) is 13.5 Å². The minimum atomic E-state index is -1.81. The molecule has 0 aliphatic carbocycles. The molecule has 1 aliphatic heterocycles. The fourth-order valence-electron chi connectivity index (χ4n) is 5.93. The molecule has 1 aliphatic rings. The van der Waals surface area contributed by atoms with Crippen molar-refractivity contribution in [2.75, 3.05) is 22.9 Å². The summed E-state index contributed by atoms with van der Waals surface area (Å²) in [6.07, 6.45) is 0. The molecule has 4 aromatic rings. The molecule has 0 spiro atoms. The number of aromatic hydroxyl groups is 2. The van der Waals surface area contributed by atoms with E-state index in [2.05, 4.69) is 113 Å². The van der Waals surface area contributed by atoms with Gasteiger partial charge in [-0.2, -0.15) is 6.67 Å².